The number of likely N-dealkylation sites (N-methyl/N-ethyl adjacent to an activating group) is 1. The maximum absolute atomic E-state index is 13.7. The summed E-state index contributed by atoms with van der Waals surface area (Å²) in [6.45, 7) is 7.46. The lowest BCUT2D eigenvalue weighted by molar-refractivity contribution is -0.131. The van der Waals surface area contributed by atoms with E-state index in [9.17, 15) is 9.59 Å². The van der Waals surface area contributed by atoms with Crippen molar-refractivity contribution in [3.8, 4) is 6.07 Å². The van der Waals surface area contributed by atoms with E-state index in [0.717, 1.165) is 31.3 Å². The first kappa shape index (κ1) is 23.7. The monoisotopic (exact) mass is 454 g/mol. The first-order chi connectivity index (χ1) is 15.4. The maximum Gasteiger partial charge on any atom is 0.260 e. The van der Waals surface area contributed by atoms with Gasteiger partial charge in [-0.2, -0.15) is 5.26 Å². The van der Waals surface area contributed by atoms with Crippen molar-refractivity contribution in [1.82, 2.24) is 15.2 Å². The number of hydrogen-bond donors (Lipinski definition) is 1. The molecule has 9 heteroatoms. The van der Waals surface area contributed by atoms with E-state index in [1.165, 1.54) is 21.1 Å². The number of benzene rings is 1. The van der Waals surface area contributed by atoms with Crippen LogP contribution in [-0.4, -0.2) is 67.5 Å². The molecule has 1 N–H and O–H groups in total. The molecule has 1 aliphatic heterocycles. The zero-order valence-electron chi connectivity index (χ0n) is 18.8. The molecule has 32 heavy (non-hydrogen) atoms. The van der Waals surface area contributed by atoms with Crippen LogP contribution in [0.5, 0.6) is 0 Å². The van der Waals surface area contributed by atoms with Crippen LogP contribution in [0.15, 0.2) is 35.7 Å². The van der Waals surface area contributed by atoms with Crippen LogP contribution >= 0.6 is 11.3 Å². The van der Waals surface area contributed by atoms with Gasteiger partial charge >= 0.3 is 0 Å². The van der Waals surface area contributed by atoms with Crippen molar-refractivity contribution in [2.24, 2.45) is 5.92 Å². The van der Waals surface area contributed by atoms with Gasteiger partial charge in [-0.05, 0) is 24.5 Å². The van der Waals surface area contributed by atoms with Crippen molar-refractivity contribution in [2.75, 3.05) is 49.6 Å². The Morgan fingerprint density at radius 3 is 2.56 bits per heavy atom. The highest BCUT2D eigenvalue weighted by atomic mass is 32.1. The molecular formula is C23H30N6O2S. The summed E-state index contributed by atoms with van der Waals surface area (Å²) in [5.41, 5.74) is 0.494. The molecule has 0 spiro atoms. The average Bonchev–Trinajstić information content (AvgIpc) is 3.29. The van der Waals surface area contributed by atoms with Gasteiger partial charge in [0.15, 0.2) is 5.13 Å². The Bertz CT molecular complexity index is 949. The lowest BCUT2D eigenvalue weighted by Gasteiger charge is -2.33. The summed E-state index contributed by atoms with van der Waals surface area (Å²) in [4.78, 5) is 36.9. The molecule has 0 radical (unpaired) electrons. The second kappa shape index (κ2) is 11.1. The summed E-state index contributed by atoms with van der Waals surface area (Å²) in [6.07, 6.45) is 0.466. The predicted octanol–water partition coefficient (Wildman–Crippen LogP) is 2.60. The topological polar surface area (TPSA) is 92.6 Å². The van der Waals surface area contributed by atoms with Gasteiger partial charge in [-0.1, -0.05) is 32.0 Å². The lowest BCUT2D eigenvalue weighted by atomic mass is 10.00. The van der Waals surface area contributed by atoms with Crippen LogP contribution in [0, 0.1) is 17.2 Å². The Balaban J connectivity index is 2.02. The second-order valence-corrected chi connectivity index (χ2v) is 9.10. The number of rotatable bonds is 8. The average molecular weight is 455 g/mol. The number of carbonyl (C=O) groups excluding carboxylic acids is 2. The number of nitrogens with one attached hydrogen (secondary N) is 1. The van der Waals surface area contributed by atoms with Crippen LogP contribution in [-0.2, 0) is 4.79 Å². The van der Waals surface area contributed by atoms with Gasteiger partial charge in [-0.3, -0.25) is 14.5 Å². The molecule has 8 nitrogen and oxygen atoms in total. The molecule has 1 atom stereocenters. The summed E-state index contributed by atoms with van der Waals surface area (Å²) in [6, 6.07) is 10.2. The second-order valence-electron chi connectivity index (χ2n) is 8.26. The van der Waals surface area contributed by atoms with Gasteiger partial charge < -0.3 is 15.1 Å². The van der Waals surface area contributed by atoms with E-state index in [1.807, 2.05) is 31.4 Å². The van der Waals surface area contributed by atoms with Gasteiger partial charge in [0.25, 0.3) is 5.91 Å². The Morgan fingerprint density at radius 1 is 1.25 bits per heavy atom. The van der Waals surface area contributed by atoms with E-state index in [2.05, 4.69) is 10.2 Å². The summed E-state index contributed by atoms with van der Waals surface area (Å²) < 4.78 is 0. The smallest absolute Gasteiger partial charge is 0.260 e. The number of anilines is 2. The van der Waals surface area contributed by atoms with E-state index >= 15 is 0 Å². The molecule has 0 bridgehead atoms. The summed E-state index contributed by atoms with van der Waals surface area (Å²) in [5, 5.41) is 15.1. The third-order valence-corrected chi connectivity index (χ3v) is 6.22. The van der Waals surface area contributed by atoms with Crippen LogP contribution in [0.1, 0.15) is 30.6 Å². The Labute approximate surface area is 193 Å². The molecule has 1 aromatic heterocycles. The van der Waals surface area contributed by atoms with Gasteiger partial charge in [0.1, 0.15) is 18.4 Å². The van der Waals surface area contributed by atoms with E-state index in [4.69, 9.17) is 10.2 Å². The molecule has 3 rings (SSSR count). The SMILES string of the molecule is CC(C)C[C@@H](C(=O)N(C)CC#N)N(C(=O)c1ccccc1)c1csc(N2CCNCC2)n1. The van der Waals surface area contributed by atoms with Gasteiger partial charge in [0, 0.05) is 44.2 Å². The highest BCUT2D eigenvalue weighted by Crippen LogP contribution is 2.30. The molecule has 1 aliphatic rings. The minimum Gasteiger partial charge on any atom is -0.345 e. The van der Waals surface area contributed by atoms with E-state index in [1.54, 1.807) is 31.3 Å². The molecule has 1 fully saturated rings. The Kier molecular flexibility index (Phi) is 8.20. The maximum atomic E-state index is 13.7. The number of carbonyl (C=O) groups is 2. The van der Waals surface area contributed by atoms with E-state index in [-0.39, 0.29) is 24.3 Å². The molecular weight excluding hydrogens is 424 g/mol. The van der Waals surface area contributed by atoms with Gasteiger partial charge in [0.05, 0.1) is 6.07 Å². The number of piperazine rings is 1. The standard InChI is InChI=1S/C23H30N6O2S/c1-17(2)15-19(22(31)27(3)12-9-24)29(21(30)18-7-5-4-6-8-18)20-16-32-23(26-20)28-13-10-25-11-14-28/h4-8,16-17,19,25H,10-15H2,1-3H3/t19-/m0/s1. The quantitative estimate of drug-likeness (QED) is 0.617. The third kappa shape index (κ3) is 5.64. The van der Waals surface area contributed by atoms with Crippen molar-refractivity contribution in [1.29, 1.82) is 5.26 Å². The molecule has 2 amide bonds. The van der Waals surface area contributed by atoms with Gasteiger partial charge in [-0.15, -0.1) is 11.3 Å². The van der Waals surface area contributed by atoms with Crippen LogP contribution in [0.25, 0.3) is 0 Å². The largest absolute Gasteiger partial charge is 0.345 e. The van der Waals surface area contributed by atoms with E-state index in [0.29, 0.717) is 17.8 Å². The van der Waals surface area contributed by atoms with Crippen LogP contribution in [0.2, 0.25) is 0 Å². The number of thiazole rings is 1. The molecule has 1 saturated heterocycles. The number of amides is 2. The minimum absolute atomic E-state index is 0.0378. The zero-order valence-corrected chi connectivity index (χ0v) is 19.6. The zero-order chi connectivity index (χ0) is 23.1. The summed E-state index contributed by atoms with van der Waals surface area (Å²) in [7, 11) is 1.59. The minimum atomic E-state index is -0.751. The summed E-state index contributed by atoms with van der Waals surface area (Å²) in [5.74, 6) is 0.104. The number of nitriles is 1. The lowest BCUT2D eigenvalue weighted by Crippen LogP contribution is -2.51. The molecule has 2 aromatic rings. The Morgan fingerprint density at radius 2 is 1.94 bits per heavy atom. The molecule has 0 aliphatic carbocycles. The fourth-order valence-electron chi connectivity index (χ4n) is 3.69. The number of aromatic nitrogens is 1. The fourth-order valence-corrected chi connectivity index (χ4v) is 4.55. The van der Waals surface area contributed by atoms with Gasteiger partial charge in [0.2, 0.25) is 5.91 Å². The van der Waals surface area contributed by atoms with Crippen LogP contribution in [0.4, 0.5) is 10.9 Å². The first-order valence-corrected chi connectivity index (χ1v) is 11.7. The first-order valence-electron chi connectivity index (χ1n) is 10.8. The molecule has 2 heterocycles. The third-order valence-electron chi connectivity index (χ3n) is 5.33. The normalized spacial score (nSPS) is 14.7. The molecule has 0 unspecified atom stereocenters. The van der Waals surface area contributed by atoms with Crippen molar-refractivity contribution in [3.63, 3.8) is 0 Å². The van der Waals surface area contributed by atoms with Crippen molar-refractivity contribution in [3.05, 3.63) is 41.3 Å². The summed E-state index contributed by atoms with van der Waals surface area (Å²) >= 11 is 1.48. The fraction of sp³-hybridized carbons (Fsp3) is 0.478. The van der Waals surface area contributed by atoms with Crippen LogP contribution in [0.3, 0.4) is 0 Å². The number of nitrogens with zero attached hydrogens (tertiary/aromatic N) is 5. The molecule has 170 valence electrons. The Hall–Kier alpha value is -2.96. The number of hydrogen-bond acceptors (Lipinski definition) is 7. The molecule has 0 saturated carbocycles. The van der Waals surface area contributed by atoms with Gasteiger partial charge in [-0.25, -0.2) is 4.98 Å². The van der Waals surface area contributed by atoms with Crippen molar-refractivity contribution < 1.29 is 9.59 Å². The van der Waals surface area contributed by atoms with Crippen molar-refractivity contribution in [2.45, 2.75) is 26.3 Å². The highest BCUT2D eigenvalue weighted by molar-refractivity contribution is 7.14. The van der Waals surface area contributed by atoms with E-state index < -0.39 is 6.04 Å². The predicted molar refractivity (Wildman–Crippen MR) is 127 cm³/mol. The molecule has 1 aromatic carbocycles. The van der Waals surface area contributed by atoms with Crippen molar-refractivity contribution >= 4 is 34.1 Å². The van der Waals surface area contributed by atoms with Crippen LogP contribution < -0.4 is 15.1 Å². The highest BCUT2D eigenvalue weighted by Gasteiger charge is 2.35.